The van der Waals surface area contributed by atoms with E-state index in [4.69, 9.17) is 25.8 Å². The molecule has 0 radical (unpaired) electrons. The number of halogens is 1. The van der Waals surface area contributed by atoms with Crippen molar-refractivity contribution < 1.29 is 34.0 Å². The molecule has 0 unspecified atom stereocenters. The Morgan fingerprint density at radius 3 is 2.29 bits per heavy atom. The first-order chi connectivity index (χ1) is 24.6. The highest BCUT2D eigenvalue weighted by Gasteiger charge is 2.37. The zero-order valence-corrected chi connectivity index (χ0v) is 29.7. The lowest BCUT2D eigenvalue weighted by Crippen LogP contribution is -2.46. The minimum Gasteiger partial charge on any atom is -0.453 e. The van der Waals surface area contributed by atoms with Crippen LogP contribution in [0.25, 0.3) is 11.1 Å². The molecule has 3 N–H and O–H groups in total. The van der Waals surface area contributed by atoms with Crippen LogP contribution >= 0.6 is 11.6 Å². The highest BCUT2D eigenvalue weighted by Crippen LogP contribution is 2.40. The van der Waals surface area contributed by atoms with Crippen molar-refractivity contribution in [3.63, 3.8) is 0 Å². The molecular formula is C41H45ClN2O7. The van der Waals surface area contributed by atoms with Crippen LogP contribution < -0.4 is 5.32 Å². The van der Waals surface area contributed by atoms with Crippen LogP contribution in [0.1, 0.15) is 73.3 Å². The van der Waals surface area contributed by atoms with E-state index in [9.17, 15) is 19.8 Å². The van der Waals surface area contributed by atoms with Crippen molar-refractivity contribution in [2.24, 2.45) is 0 Å². The van der Waals surface area contributed by atoms with E-state index < -0.39 is 24.0 Å². The fourth-order valence-corrected chi connectivity index (χ4v) is 6.96. The van der Waals surface area contributed by atoms with Crippen LogP contribution in [0.15, 0.2) is 97.1 Å². The van der Waals surface area contributed by atoms with Gasteiger partial charge in [-0.2, -0.15) is 0 Å². The molecule has 10 heteroatoms. The second-order valence-electron chi connectivity index (χ2n) is 13.5. The maximum absolute atomic E-state index is 12.4. The molecule has 0 aromatic heterocycles. The largest absolute Gasteiger partial charge is 0.453 e. The van der Waals surface area contributed by atoms with Gasteiger partial charge in [-0.25, -0.2) is 0 Å². The fraction of sp³-hybridized carbons (Fsp3) is 0.366. The normalized spacial score (nSPS) is 21.1. The average Bonchev–Trinajstić information content (AvgIpc) is 3.15. The molecule has 0 spiro atoms. The van der Waals surface area contributed by atoms with Crippen LogP contribution in [0.2, 0.25) is 5.02 Å². The standard InChI is InChI=1S/C41H45ClN2O7/c1-27(49-28(2)46)39(47)43-24-30-5-3-6-32(21-30)33-7-4-8-34(22-33)40-50-37(23-38(51-40)31-11-9-29(26-45)10-12-31)25-44-19-17-41(48,18-20-44)35-13-15-36(42)16-14-35/h3-16,21-22,27,37-38,40,45,48H,17-20,23-26H2,1-2H3,(H,43,47)/t27-,37+,38-,40-/m0/s1. The molecule has 2 fully saturated rings. The third-order valence-electron chi connectivity index (χ3n) is 9.74. The van der Waals surface area contributed by atoms with Crippen molar-refractivity contribution in [2.45, 2.75) is 76.5 Å². The van der Waals surface area contributed by atoms with Crippen molar-refractivity contribution in [1.29, 1.82) is 0 Å². The number of nitrogens with zero attached hydrogens (tertiary/aromatic N) is 1. The molecule has 0 aliphatic carbocycles. The van der Waals surface area contributed by atoms with Crippen molar-refractivity contribution in [3.05, 3.63) is 130 Å². The fourth-order valence-electron chi connectivity index (χ4n) is 6.84. The second-order valence-corrected chi connectivity index (χ2v) is 13.9. The lowest BCUT2D eigenvalue weighted by molar-refractivity contribution is -0.253. The van der Waals surface area contributed by atoms with Gasteiger partial charge in [0.15, 0.2) is 12.4 Å². The molecule has 1 amide bonds. The number of nitrogens with one attached hydrogen (secondary N) is 1. The molecule has 4 atom stereocenters. The molecule has 2 saturated heterocycles. The first kappa shape index (κ1) is 36.7. The molecule has 9 nitrogen and oxygen atoms in total. The summed E-state index contributed by atoms with van der Waals surface area (Å²) in [5, 5.41) is 24.5. The van der Waals surface area contributed by atoms with Crippen molar-refractivity contribution in [3.8, 4) is 11.1 Å². The van der Waals surface area contributed by atoms with Crippen molar-refractivity contribution in [2.75, 3.05) is 19.6 Å². The van der Waals surface area contributed by atoms with Gasteiger partial charge in [0.25, 0.3) is 5.91 Å². The maximum Gasteiger partial charge on any atom is 0.303 e. The summed E-state index contributed by atoms with van der Waals surface area (Å²) in [6.45, 7) is 5.25. The van der Waals surface area contributed by atoms with Gasteiger partial charge >= 0.3 is 5.97 Å². The minimum atomic E-state index is -0.886. The van der Waals surface area contributed by atoms with Crippen LogP contribution in [-0.2, 0) is 42.6 Å². The van der Waals surface area contributed by atoms with Crippen LogP contribution in [0.3, 0.4) is 0 Å². The summed E-state index contributed by atoms with van der Waals surface area (Å²) in [6, 6.07) is 31.4. The Morgan fingerprint density at radius 2 is 1.61 bits per heavy atom. The third kappa shape index (κ3) is 9.43. The van der Waals surface area contributed by atoms with Gasteiger partial charge in [0.2, 0.25) is 0 Å². The smallest absolute Gasteiger partial charge is 0.303 e. The Kier molecular flexibility index (Phi) is 11.9. The number of hydrogen-bond donors (Lipinski definition) is 3. The van der Waals surface area contributed by atoms with E-state index >= 15 is 0 Å². The summed E-state index contributed by atoms with van der Waals surface area (Å²) in [7, 11) is 0. The number of likely N-dealkylation sites (tertiary alicyclic amines) is 1. The summed E-state index contributed by atoms with van der Waals surface area (Å²) >= 11 is 6.09. The number of aliphatic hydroxyl groups excluding tert-OH is 1. The highest BCUT2D eigenvalue weighted by atomic mass is 35.5. The van der Waals surface area contributed by atoms with Gasteiger partial charge in [0.1, 0.15) is 0 Å². The van der Waals surface area contributed by atoms with E-state index in [1.807, 2.05) is 91.0 Å². The number of amides is 1. The number of hydrogen-bond acceptors (Lipinski definition) is 8. The predicted molar refractivity (Wildman–Crippen MR) is 194 cm³/mol. The zero-order valence-electron chi connectivity index (χ0n) is 29.0. The van der Waals surface area contributed by atoms with Gasteiger partial charge in [-0.05, 0) is 77.4 Å². The SMILES string of the molecule is CC(=O)O[C@@H](C)C(=O)NCc1cccc(-c2cccc([C@H]3O[C@@H](CN4CCC(O)(c5ccc(Cl)cc5)CC4)C[C@@H](c4ccc(CO)cc4)O3)c2)c1. The summed E-state index contributed by atoms with van der Waals surface area (Å²) in [5.41, 5.74) is 5.61. The van der Waals surface area contributed by atoms with E-state index in [-0.39, 0.29) is 24.7 Å². The monoisotopic (exact) mass is 712 g/mol. The van der Waals surface area contributed by atoms with Gasteiger partial charge in [0.05, 0.1) is 24.4 Å². The Labute approximate surface area is 304 Å². The lowest BCUT2D eigenvalue weighted by atomic mass is 9.84. The quantitative estimate of drug-likeness (QED) is 0.149. The van der Waals surface area contributed by atoms with Crippen LogP contribution in [-0.4, -0.2) is 58.8 Å². The van der Waals surface area contributed by atoms with E-state index in [2.05, 4.69) is 16.3 Å². The van der Waals surface area contributed by atoms with Gasteiger partial charge in [-0.15, -0.1) is 0 Å². The molecule has 0 bridgehead atoms. The van der Waals surface area contributed by atoms with Crippen molar-refractivity contribution in [1.82, 2.24) is 10.2 Å². The number of benzene rings is 4. The Balaban J connectivity index is 1.17. The average molecular weight is 713 g/mol. The number of ether oxygens (including phenoxy) is 3. The number of aliphatic hydroxyl groups is 2. The molecule has 51 heavy (non-hydrogen) atoms. The van der Waals surface area contributed by atoms with E-state index in [0.29, 0.717) is 37.4 Å². The maximum atomic E-state index is 12.4. The second kappa shape index (κ2) is 16.5. The summed E-state index contributed by atoms with van der Waals surface area (Å²) < 4.78 is 18.3. The molecule has 4 aromatic carbocycles. The predicted octanol–water partition coefficient (Wildman–Crippen LogP) is 6.60. The Morgan fingerprint density at radius 1 is 0.922 bits per heavy atom. The molecule has 2 aliphatic rings. The van der Waals surface area contributed by atoms with Crippen LogP contribution in [0.4, 0.5) is 0 Å². The zero-order chi connectivity index (χ0) is 36.0. The summed E-state index contributed by atoms with van der Waals surface area (Å²) in [4.78, 5) is 26.0. The van der Waals surface area contributed by atoms with Crippen LogP contribution in [0.5, 0.6) is 0 Å². The molecule has 2 aliphatic heterocycles. The van der Waals surface area contributed by atoms with E-state index in [1.54, 1.807) is 6.92 Å². The summed E-state index contributed by atoms with van der Waals surface area (Å²) in [5.74, 6) is -0.863. The number of piperidine rings is 1. The molecule has 268 valence electrons. The van der Waals surface area contributed by atoms with E-state index in [0.717, 1.165) is 52.0 Å². The van der Waals surface area contributed by atoms with Crippen molar-refractivity contribution >= 4 is 23.5 Å². The molecule has 6 rings (SSSR count). The number of carbonyl (C=O) groups excluding carboxylic acids is 2. The Bertz CT molecular complexity index is 1790. The summed E-state index contributed by atoms with van der Waals surface area (Å²) in [6.07, 6.45) is 0.0569. The number of rotatable bonds is 11. The topological polar surface area (TPSA) is 118 Å². The first-order valence-corrected chi connectivity index (χ1v) is 17.8. The first-order valence-electron chi connectivity index (χ1n) is 17.4. The molecular weight excluding hydrogens is 668 g/mol. The van der Waals surface area contributed by atoms with Gasteiger partial charge in [-0.1, -0.05) is 84.4 Å². The Hall–Kier alpha value is -4.09. The molecule has 4 aromatic rings. The van der Waals surface area contributed by atoms with Crippen LogP contribution in [0, 0.1) is 0 Å². The lowest BCUT2D eigenvalue weighted by Gasteiger charge is -2.42. The van der Waals surface area contributed by atoms with E-state index in [1.165, 1.54) is 6.92 Å². The third-order valence-corrected chi connectivity index (χ3v) is 9.99. The van der Waals surface area contributed by atoms with Gasteiger partial charge in [0, 0.05) is 50.1 Å². The number of esters is 1. The van der Waals surface area contributed by atoms with Gasteiger partial charge in [-0.3, -0.25) is 9.59 Å². The van der Waals surface area contributed by atoms with Gasteiger partial charge < -0.3 is 34.6 Å². The highest BCUT2D eigenvalue weighted by molar-refractivity contribution is 6.30. The molecule has 2 heterocycles. The molecule has 0 saturated carbocycles. The number of carbonyl (C=O) groups is 2. The minimum absolute atomic E-state index is 0.0226.